The molecule has 1 aliphatic rings. The molecule has 2 aromatic carbocycles. The Morgan fingerprint density at radius 2 is 1.96 bits per heavy atom. The number of alkyl halides is 1. The zero-order valence-electron chi connectivity index (χ0n) is 14.0. The summed E-state index contributed by atoms with van der Waals surface area (Å²) in [7, 11) is 0. The molecule has 1 atom stereocenters. The Balaban J connectivity index is 1.92. The van der Waals surface area contributed by atoms with Gasteiger partial charge in [0.1, 0.15) is 5.56 Å². The SMILES string of the molecule is CC1(Cl)Oc2c(C(=O)O)cc(Cl)cc2N(CCCc2ccccc2)C1=O. The molecule has 0 saturated carbocycles. The van der Waals surface area contributed by atoms with Crippen LogP contribution in [0.3, 0.4) is 0 Å². The third kappa shape index (κ3) is 3.64. The minimum absolute atomic E-state index is 0.0544. The first kappa shape index (κ1) is 18.5. The highest BCUT2D eigenvalue weighted by Gasteiger charge is 2.44. The minimum Gasteiger partial charge on any atom is -0.478 e. The van der Waals surface area contributed by atoms with Gasteiger partial charge >= 0.3 is 5.97 Å². The monoisotopic (exact) mass is 393 g/mol. The van der Waals surface area contributed by atoms with E-state index in [0.717, 1.165) is 12.0 Å². The average molecular weight is 394 g/mol. The number of halogens is 2. The fourth-order valence-corrected chi connectivity index (χ4v) is 3.33. The van der Waals surface area contributed by atoms with Gasteiger partial charge < -0.3 is 14.7 Å². The number of nitrogens with zero attached hydrogens (tertiary/aromatic N) is 1. The van der Waals surface area contributed by atoms with E-state index in [0.29, 0.717) is 18.7 Å². The van der Waals surface area contributed by atoms with Gasteiger partial charge in [-0.25, -0.2) is 4.79 Å². The van der Waals surface area contributed by atoms with Crippen molar-refractivity contribution in [1.82, 2.24) is 0 Å². The second-order valence-corrected chi connectivity index (χ2v) is 7.33. The molecule has 0 aromatic heterocycles. The predicted octanol–water partition coefficient (Wildman–Crippen LogP) is 4.35. The van der Waals surface area contributed by atoms with Crippen LogP contribution in [0.4, 0.5) is 5.69 Å². The molecule has 1 aliphatic heterocycles. The summed E-state index contributed by atoms with van der Waals surface area (Å²) in [5, 5.41) is 7.97. The third-order valence-corrected chi connectivity index (χ3v) is 4.62. The molecule has 0 bridgehead atoms. The largest absolute Gasteiger partial charge is 0.478 e. The quantitative estimate of drug-likeness (QED) is 0.766. The van der Waals surface area contributed by atoms with Gasteiger partial charge in [-0.3, -0.25) is 4.79 Å². The lowest BCUT2D eigenvalue weighted by Gasteiger charge is -2.38. The number of carbonyl (C=O) groups is 2. The number of aromatic carboxylic acids is 1. The number of carbonyl (C=O) groups excluding carboxylic acids is 1. The van der Waals surface area contributed by atoms with E-state index in [-0.39, 0.29) is 16.3 Å². The molecule has 0 saturated heterocycles. The maximum atomic E-state index is 12.7. The van der Waals surface area contributed by atoms with E-state index >= 15 is 0 Å². The molecule has 3 rings (SSSR count). The van der Waals surface area contributed by atoms with Crippen molar-refractivity contribution in [2.75, 3.05) is 11.4 Å². The predicted molar refractivity (Wildman–Crippen MR) is 100 cm³/mol. The van der Waals surface area contributed by atoms with Gasteiger partial charge in [0.15, 0.2) is 5.75 Å². The lowest BCUT2D eigenvalue weighted by molar-refractivity contribution is -0.128. The molecule has 0 fully saturated rings. The van der Waals surface area contributed by atoms with Gasteiger partial charge in [-0.2, -0.15) is 0 Å². The number of carboxylic acid groups (broad SMARTS) is 1. The van der Waals surface area contributed by atoms with Crippen molar-refractivity contribution >= 4 is 40.8 Å². The van der Waals surface area contributed by atoms with E-state index in [1.54, 1.807) is 0 Å². The van der Waals surface area contributed by atoms with Crippen molar-refractivity contribution in [2.45, 2.75) is 24.8 Å². The molecule has 7 heteroatoms. The third-order valence-electron chi connectivity index (χ3n) is 4.17. The molecule has 1 amide bonds. The molecule has 0 aliphatic carbocycles. The zero-order valence-corrected chi connectivity index (χ0v) is 15.5. The van der Waals surface area contributed by atoms with Crippen molar-refractivity contribution in [1.29, 1.82) is 0 Å². The molecule has 0 radical (unpaired) electrons. The second-order valence-electron chi connectivity index (χ2n) is 6.17. The lowest BCUT2D eigenvalue weighted by atomic mass is 10.1. The van der Waals surface area contributed by atoms with Crippen LogP contribution in [-0.2, 0) is 11.2 Å². The van der Waals surface area contributed by atoms with Gasteiger partial charge in [0.25, 0.3) is 11.0 Å². The van der Waals surface area contributed by atoms with Gasteiger partial charge in [-0.1, -0.05) is 53.5 Å². The Bertz CT molecular complexity index is 852. The zero-order chi connectivity index (χ0) is 18.9. The van der Waals surface area contributed by atoms with Crippen LogP contribution >= 0.6 is 23.2 Å². The topological polar surface area (TPSA) is 66.8 Å². The van der Waals surface area contributed by atoms with Crippen LogP contribution in [0.15, 0.2) is 42.5 Å². The summed E-state index contributed by atoms with van der Waals surface area (Å²) in [6, 6.07) is 12.7. The van der Waals surface area contributed by atoms with Crippen molar-refractivity contribution in [3.05, 3.63) is 58.6 Å². The smallest absolute Gasteiger partial charge is 0.339 e. The molecule has 1 heterocycles. The number of anilines is 1. The summed E-state index contributed by atoms with van der Waals surface area (Å²) >= 11 is 12.3. The molecule has 1 unspecified atom stereocenters. The first-order valence-corrected chi connectivity index (χ1v) is 8.86. The highest BCUT2D eigenvalue weighted by molar-refractivity contribution is 6.37. The number of hydrogen-bond acceptors (Lipinski definition) is 3. The number of amides is 1. The second kappa shape index (κ2) is 7.17. The summed E-state index contributed by atoms with van der Waals surface area (Å²) in [6.45, 7) is 1.77. The van der Waals surface area contributed by atoms with Crippen LogP contribution in [0.25, 0.3) is 0 Å². The highest BCUT2D eigenvalue weighted by atomic mass is 35.5. The molecule has 2 aromatic rings. The van der Waals surface area contributed by atoms with Crippen LogP contribution < -0.4 is 9.64 Å². The van der Waals surface area contributed by atoms with Crippen molar-refractivity contribution in [3.63, 3.8) is 0 Å². The summed E-state index contributed by atoms with van der Waals surface area (Å²) in [5.74, 6) is -1.59. The number of carboxylic acids is 1. The normalized spacial score (nSPS) is 19.0. The van der Waals surface area contributed by atoms with E-state index in [4.69, 9.17) is 27.9 Å². The van der Waals surface area contributed by atoms with Gasteiger partial charge in [0, 0.05) is 11.6 Å². The first-order valence-electron chi connectivity index (χ1n) is 8.10. The summed E-state index contributed by atoms with van der Waals surface area (Å²) in [4.78, 5) is 25.7. The molecule has 1 N–H and O–H groups in total. The number of ether oxygens (including phenoxy) is 1. The highest BCUT2D eigenvalue weighted by Crippen LogP contribution is 2.43. The standard InChI is InChI=1S/C19H17Cl2NO4/c1-19(21)18(25)22(9-5-8-12-6-3-2-4-7-12)15-11-13(20)10-14(17(23)24)16(15)26-19/h2-4,6-7,10-11H,5,8-9H2,1H3,(H,23,24). The fraction of sp³-hybridized carbons (Fsp3) is 0.263. The Kier molecular flexibility index (Phi) is 5.12. The number of hydrogen-bond donors (Lipinski definition) is 1. The number of fused-ring (bicyclic) bond motifs is 1. The maximum Gasteiger partial charge on any atom is 0.339 e. The lowest BCUT2D eigenvalue weighted by Crippen LogP contribution is -2.51. The first-order chi connectivity index (χ1) is 12.3. The number of benzene rings is 2. The van der Waals surface area contributed by atoms with E-state index in [2.05, 4.69) is 0 Å². The maximum absolute atomic E-state index is 12.7. The Hall–Kier alpha value is -2.24. The van der Waals surface area contributed by atoms with E-state index in [1.165, 1.54) is 24.0 Å². The van der Waals surface area contributed by atoms with Gasteiger partial charge in [-0.15, -0.1) is 0 Å². The molecule has 5 nitrogen and oxygen atoms in total. The molecule has 136 valence electrons. The van der Waals surface area contributed by atoms with E-state index < -0.39 is 16.9 Å². The van der Waals surface area contributed by atoms with Gasteiger partial charge in [0.05, 0.1) is 5.69 Å². The van der Waals surface area contributed by atoms with Crippen LogP contribution in [0.2, 0.25) is 5.02 Å². The van der Waals surface area contributed by atoms with Crippen molar-refractivity contribution in [3.8, 4) is 5.75 Å². The van der Waals surface area contributed by atoms with Crippen molar-refractivity contribution < 1.29 is 19.4 Å². The molecule has 0 spiro atoms. The minimum atomic E-state index is -1.67. The van der Waals surface area contributed by atoms with E-state index in [1.807, 2.05) is 30.3 Å². The van der Waals surface area contributed by atoms with Crippen molar-refractivity contribution in [2.24, 2.45) is 0 Å². The number of rotatable bonds is 5. The average Bonchev–Trinajstić information content (AvgIpc) is 2.59. The Morgan fingerprint density at radius 3 is 2.62 bits per heavy atom. The Morgan fingerprint density at radius 1 is 1.27 bits per heavy atom. The summed E-state index contributed by atoms with van der Waals surface area (Å²) < 4.78 is 5.51. The fourth-order valence-electron chi connectivity index (χ4n) is 2.94. The number of aryl methyl sites for hydroxylation is 1. The van der Waals surface area contributed by atoms with E-state index in [9.17, 15) is 14.7 Å². The molecular weight excluding hydrogens is 377 g/mol. The summed E-state index contributed by atoms with van der Waals surface area (Å²) in [5.41, 5.74) is 1.35. The molecule has 26 heavy (non-hydrogen) atoms. The Labute approximate surface area is 161 Å². The van der Waals surface area contributed by atoms with Gasteiger partial charge in [-0.05, 0) is 37.5 Å². The van der Waals surface area contributed by atoms with Gasteiger partial charge in [0.2, 0.25) is 0 Å². The molecular formula is C19H17Cl2NO4. The van der Waals surface area contributed by atoms with Crippen LogP contribution in [0, 0.1) is 0 Å². The van der Waals surface area contributed by atoms with Crippen LogP contribution in [0.1, 0.15) is 29.3 Å². The van der Waals surface area contributed by atoms with Crippen LogP contribution in [-0.4, -0.2) is 28.6 Å². The summed E-state index contributed by atoms with van der Waals surface area (Å²) in [6.07, 6.45) is 1.45. The van der Waals surface area contributed by atoms with Crippen LogP contribution in [0.5, 0.6) is 5.75 Å².